The third kappa shape index (κ3) is 6.30. The van der Waals surface area contributed by atoms with Gasteiger partial charge in [-0.25, -0.2) is 5.43 Å². The number of hydrogen-bond donors (Lipinski definition) is 3. The van der Waals surface area contributed by atoms with E-state index in [1.54, 1.807) is 36.2 Å². The number of hydrogen-bond acceptors (Lipinski definition) is 5. The summed E-state index contributed by atoms with van der Waals surface area (Å²) in [5, 5.41) is 7.72. The number of hydrazine groups is 1. The Bertz CT molecular complexity index is 1200. The van der Waals surface area contributed by atoms with Crippen LogP contribution in [-0.4, -0.2) is 36.6 Å². The molecule has 12 heteroatoms. The Hall–Kier alpha value is -3.51. The molecule has 0 saturated carbocycles. The zero-order valence-electron chi connectivity index (χ0n) is 20.3. The minimum absolute atomic E-state index is 0.114. The summed E-state index contributed by atoms with van der Waals surface area (Å²) >= 11 is 0. The van der Waals surface area contributed by atoms with Gasteiger partial charge in [0, 0.05) is 12.2 Å². The van der Waals surface area contributed by atoms with E-state index in [9.17, 15) is 31.1 Å². The summed E-state index contributed by atoms with van der Waals surface area (Å²) in [7, 11) is 0. The third-order valence-electron chi connectivity index (χ3n) is 6.10. The number of carbonyl (C=O) groups is 1. The Balaban J connectivity index is 1.60. The molecule has 0 aromatic heterocycles. The van der Waals surface area contributed by atoms with Gasteiger partial charge < -0.3 is 15.4 Å². The molecule has 6 nitrogen and oxygen atoms in total. The number of para-hydroxylation sites is 1. The summed E-state index contributed by atoms with van der Waals surface area (Å²) in [6, 6.07) is 15.0. The zero-order chi connectivity index (χ0) is 27.7. The molecule has 3 N–H and O–H groups in total. The maximum absolute atomic E-state index is 12.9. The van der Waals surface area contributed by atoms with E-state index in [1.807, 2.05) is 18.2 Å². The van der Waals surface area contributed by atoms with Gasteiger partial charge in [-0.1, -0.05) is 43.0 Å². The number of nitrogens with one attached hydrogen (secondary N) is 3. The number of amides is 1. The molecule has 2 aliphatic rings. The lowest BCUT2D eigenvalue weighted by atomic mass is 10.0. The first kappa shape index (κ1) is 27.5. The van der Waals surface area contributed by atoms with Crippen molar-refractivity contribution in [2.45, 2.75) is 44.1 Å². The van der Waals surface area contributed by atoms with Crippen molar-refractivity contribution < 1.29 is 35.9 Å². The Morgan fingerprint density at radius 1 is 1.13 bits per heavy atom. The fraction of sp³-hybridized carbons (Fsp3) is 0.346. The van der Waals surface area contributed by atoms with Crippen molar-refractivity contribution in [2.75, 3.05) is 11.6 Å². The number of allylic oxidation sites excluding steroid dienone is 1. The molecular weight excluding hydrogens is 514 g/mol. The van der Waals surface area contributed by atoms with E-state index in [0.29, 0.717) is 29.9 Å². The molecule has 2 heterocycles. The summed E-state index contributed by atoms with van der Waals surface area (Å²) in [5.41, 5.74) is 4.82. The van der Waals surface area contributed by atoms with Crippen molar-refractivity contribution in [1.29, 1.82) is 0 Å². The smallest absolute Gasteiger partial charge is 0.388 e. The van der Waals surface area contributed by atoms with E-state index in [4.69, 9.17) is 0 Å². The second-order valence-electron chi connectivity index (χ2n) is 9.36. The van der Waals surface area contributed by atoms with Crippen LogP contribution in [0.4, 0.5) is 32.0 Å². The SMILES string of the molecule is C=C1C[C@H](C(=O)NC2(C)C=C(c3cccc(COC(C(F)(F)F)C(F)(F)F)c3)N(c3ccccc3)N2)CN1. The molecule has 1 fully saturated rings. The van der Waals surface area contributed by atoms with Crippen LogP contribution in [0.15, 0.2) is 72.9 Å². The van der Waals surface area contributed by atoms with Crippen LogP contribution in [0.1, 0.15) is 24.5 Å². The fourth-order valence-electron chi connectivity index (χ4n) is 4.35. The van der Waals surface area contributed by atoms with Crippen LogP contribution >= 0.6 is 0 Å². The second-order valence-corrected chi connectivity index (χ2v) is 9.36. The molecule has 0 bridgehead atoms. The lowest BCUT2D eigenvalue weighted by Crippen LogP contribution is -2.58. The molecule has 0 spiro atoms. The second kappa shape index (κ2) is 10.3. The van der Waals surface area contributed by atoms with Crippen molar-refractivity contribution in [3.05, 3.63) is 84.1 Å². The van der Waals surface area contributed by atoms with E-state index in [0.717, 1.165) is 5.70 Å². The molecule has 2 aliphatic heterocycles. The number of ether oxygens (including phenoxy) is 1. The number of rotatable bonds is 7. The molecule has 4 rings (SSSR count). The van der Waals surface area contributed by atoms with E-state index in [2.05, 4.69) is 27.4 Å². The number of alkyl halides is 6. The summed E-state index contributed by atoms with van der Waals surface area (Å²) < 4.78 is 81.6. The van der Waals surface area contributed by atoms with E-state index < -0.39 is 30.7 Å². The van der Waals surface area contributed by atoms with Crippen LogP contribution in [0.2, 0.25) is 0 Å². The minimum Gasteiger partial charge on any atom is -0.388 e. The lowest BCUT2D eigenvalue weighted by molar-refractivity contribution is -0.324. The van der Waals surface area contributed by atoms with Gasteiger partial charge in [0.15, 0.2) is 0 Å². The Kier molecular flexibility index (Phi) is 7.48. The highest BCUT2D eigenvalue weighted by Crippen LogP contribution is 2.37. The van der Waals surface area contributed by atoms with Gasteiger partial charge >= 0.3 is 12.4 Å². The molecule has 0 radical (unpaired) electrons. The van der Waals surface area contributed by atoms with E-state index in [-0.39, 0.29) is 17.4 Å². The summed E-state index contributed by atoms with van der Waals surface area (Å²) in [4.78, 5) is 12.9. The van der Waals surface area contributed by atoms with Crippen molar-refractivity contribution in [2.24, 2.45) is 5.92 Å². The van der Waals surface area contributed by atoms with Crippen LogP contribution in [0.25, 0.3) is 5.70 Å². The highest BCUT2D eigenvalue weighted by atomic mass is 19.4. The first-order chi connectivity index (χ1) is 17.7. The van der Waals surface area contributed by atoms with Gasteiger partial charge in [-0.2, -0.15) is 26.3 Å². The van der Waals surface area contributed by atoms with Gasteiger partial charge in [-0.15, -0.1) is 0 Å². The van der Waals surface area contributed by atoms with Gasteiger partial charge in [0.2, 0.25) is 12.0 Å². The van der Waals surface area contributed by atoms with Crippen LogP contribution in [0.3, 0.4) is 0 Å². The molecule has 38 heavy (non-hydrogen) atoms. The van der Waals surface area contributed by atoms with Crippen LogP contribution < -0.4 is 21.1 Å². The third-order valence-corrected chi connectivity index (χ3v) is 6.10. The monoisotopic (exact) mass is 540 g/mol. The Labute approximate surface area is 215 Å². The van der Waals surface area contributed by atoms with Gasteiger partial charge in [0.25, 0.3) is 0 Å². The largest absolute Gasteiger partial charge is 0.423 e. The molecule has 2 atom stereocenters. The van der Waals surface area contributed by atoms with Gasteiger partial charge in [0.05, 0.1) is 23.9 Å². The standard InChI is InChI=1S/C26H26F6N4O2/c1-16-11-19(14-33-16)22(37)34-24(2)13-21(36(35-24)20-9-4-3-5-10-20)18-8-6-7-17(12-18)15-38-23(25(27,28)29)26(30,31)32/h3-10,12-13,19,23,33,35H,1,11,14-15H2,2H3,(H,34,37)/t19-,24?/m0/s1. The summed E-state index contributed by atoms with van der Waals surface area (Å²) in [5.74, 6) is -0.511. The highest BCUT2D eigenvalue weighted by Gasteiger charge is 2.58. The van der Waals surface area contributed by atoms with Gasteiger partial charge in [-0.05, 0) is 48.7 Å². The normalized spacial score (nSPS) is 22.0. The molecule has 2 aromatic carbocycles. The first-order valence-corrected chi connectivity index (χ1v) is 11.7. The molecule has 1 unspecified atom stereocenters. The Morgan fingerprint density at radius 3 is 2.42 bits per heavy atom. The molecular formula is C26H26F6N4O2. The molecule has 2 aromatic rings. The van der Waals surface area contributed by atoms with Crippen LogP contribution in [0.5, 0.6) is 0 Å². The maximum Gasteiger partial charge on any atom is 0.423 e. The van der Waals surface area contributed by atoms with Gasteiger partial charge in [0.1, 0.15) is 5.66 Å². The number of nitrogens with zero attached hydrogens (tertiary/aromatic N) is 1. The van der Waals surface area contributed by atoms with Crippen molar-refractivity contribution in [3.63, 3.8) is 0 Å². The van der Waals surface area contributed by atoms with Crippen molar-refractivity contribution in [1.82, 2.24) is 16.1 Å². The first-order valence-electron chi connectivity index (χ1n) is 11.7. The molecule has 0 aliphatic carbocycles. The average Bonchev–Trinajstić information content (AvgIpc) is 3.42. The molecule has 1 saturated heterocycles. The van der Waals surface area contributed by atoms with Crippen LogP contribution in [0, 0.1) is 5.92 Å². The topological polar surface area (TPSA) is 65.6 Å². The van der Waals surface area contributed by atoms with Gasteiger partial charge in [-0.3, -0.25) is 9.80 Å². The molecule has 1 amide bonds. The molecule has 204 valence electrons. The van der Waals surface area contributed by atoms with Crippen LogP contribution in [-0.2, 0) is 16.1 Å². The summed E-state index contributed by atoms with van der Waals surface area (Å²) in [6.07, 6.45) is -12.9. The highest BCUT2D eigenvalue weighted by molar-refractivity contribution is 5.85. The Morgan fingerprint density at radius 2 is 1.82 bits per heavy atom. The quantitative estimate of drug-likeness (QED) is 0.431. The van der Waals surface area contributed by atoms with E-state index >= 15 is 0 Å². The number of halogens is 6. The predicted octanol–water partition coefficient (Wildman–Crippen LogP) is 5.02. The van der Waals surface area contributed by atoms with Crippen molar-refractivity contribution >= 4 is 17.3 Å². The zero-order valence-corrected chi connectivity index (χ0v) is 20.3. The number of anilines is 1. The van der Waals surface area contributed by atoms with E-state index in [1.165, 1.54) is 18.2 Å². The number of carbonyl (C=O) groups excluding carboxylic acids is 1. The fourth-order valence-corrected chi connectivity index (χ4v) is 4.35. The average molecular weight is 541 g/mol. The predicted molar refractivity (Wildman–Crippen MR) is 129 cm³/mol. The number of benzene rings is 2. The van der Waals surface area contributed by atoms with Crippen molar-refractivity contribution in [3.8, 4) is 0 Å². The maximum atomic E-state index is 12.9. The minimum atomic E-state index is -5.60. The lowest BCUT2D eigenvalue weighted by Gasteiger charge is -2.30. The summed E-state index contributed by atoms with van der Waals surface area (Å²) in [6.45, 7) is 5.13.